The second-order valence-corrected chi connectivity index (χ2v) is 12.0. The number of hydrogen-bond donors (Lipinski definition) is 1. The van der Waals surface area contributed by atoms with E-state index in [9.17, 15) is 17.4 Å². The summed E-state index contributed by atoms with van der Waals surface area (Å²) >= 11 is 0. The van der Waals surface area contributed by atoms with Crippen LogP contribution in [-0.2, 0) is 15.3 Å². The second-order valence-electron chi connectivity index (χ2n) is 9.18. The van der Waals surface area contributed by atoms with E-state index >= 15 is 4.39 Å². The van der Waals surface area contributed by atoms with E-state index in [-0.39, 0.29) is 17.2 Å². The van der Waals surface area contributed by atoms with Crippen molar-refractivity contribution in [3.63, 3.8) is 0 Å². The molecule has 0 saturated carbocycles. The molecule has 0 saturated heterocycles. The number of aromatic nitrogens is 3. The Morgan fingerprint density at radius 2 is 1.89 bits per heavy atom. The first-order valence-electron chi connectivity index (χ1n) is 10.9. The molecule has 2 N–H and O–H groups in total. The quantitative estimate of drug-likeness (QED) is 0.477. The Kier molecular flexibility index (Phi) is 6.51. The van der Waals surface area contributed by atoms with Gasteiger partial charge in [-0.2, -0.15) is 13.2 Å². The van der Waals surface area contributed by atoms with Crippen LogP contribution in [0, 0.1) is 5.82 Å². The lowest BCUT2D eigenvalue weighted by atomic mass is 9.91. The van der Waals surface area contributed by atoms with E-state index in [4.69, 9.17) is 15.0 Å². The Morgan fingerprint density at radius 3 is 2.51 bits per heavy atom. The van der Waals surface area contributed by atoms with Gasteiger partial charge in [-0.25, -0.2) is 22.9 Å². The van der Waals surface area contributed by atoms with E-state index in [1.54, 1.807) is 6.07 Å². The lowest BCUT2D eigenvalue weighted by molar-refractivity contribution is -0.117. The third-order valence-electron chi connectivity index (χ3n) is 6.15. The maximum atomic E-state index is 15.1. The van der Waals surface area contributed by atoms with Gasteiger partial charge in [0.05, 0.1) is 35.0 Å². The number of alkyl halides is 3. The van der Waals surface area contributed by atoms with Crippen molar-refractivity contribution in [3.8, 4) is 28.6 Å². The van der Waals surface area contributed by atoms with Crippen molar-refractivity contribution in [1.29, 1.82) is 0 Å². The van der Waals surface area contributed by atoms with Crippen molar-refractivity contribution >= 4 is 15.6 Å². The minimum absolute atomic E-state index is 0.0272. The van der Waals surface area contributed by atoms with Crippen LogP contribution >= 0.6 is 0 Å². The molecule has 2 atom stereocenters. The number of aliphatic imine (C=N–C) groups is 1. The molecule has 1 aliphatic rings. The average Bonchev–Trinajstić information content (AvgIpc) is 3.32. The lowest BCUT2D eigenvalue weighted by Gasteiger charge is -2.40. The fourth-order valence-electron chi connectivity index (χ4n) is 3.86. The number of hydrogen-bond acceptors (Lipinski definition) is 9. The van der Waals surface area contributed by atoms with Crippen LogP contribution in [0.1, 0.15) is 26.3 Å². The third-order valence-corrected chi connectivity index (χ3v) is 9.46. The Hall–Kier alpha value is -3.55. The molecule has 37 heavy (non-hydrogen) atoms. The van der Waals surface area contributed by atoms with Crippen LogP contribution in [0.3, 0.4) is 0 Å². The molecule has 14 heteroatoms. The second kappa shape index (κ2) is 9.08. The van der Waals surface area contributed by atoms with Gasteiger partial charge in [-0.1, -0.05) is 5.16 Å². The third kappa shape index (κ3) is 5.02. The summed E-state index contributed by atoms with van der Waals surface area (Å²) in [5.41, 5.74) is 5.66. The lowest BCUT2D eigenvalue weighted by Crippen LogP contribution is -2.55. The monoisotopic (exact) mass is 540 g/mol. The topological polar surface area (TPSA) is 129 Å². The van der Waals surface area contributed by atoms with Crippen molar-refractivity contribution in [2.75, 3.05) is 19.4 Å². The highest BCUT2D eigenvalue weighted by Gasteiger charge is 2.48. The van der Waals surface area contributed by atoms with E-state index in [0.717, 1.165) is 6.07 Å². The molecule has 0 fully saturated rings. The van der Waals surface area contributed by atoms with E-state index in [2.05, 4.69) is 24.5 Å². The standard InChI is InChI=1S/C23H24F4N6O3S/c1-21(2)20(28)32-22(3,12-37(21,34)31-11-23(25,26)27)14-7-13(5-6-15(14)24)18-8-16(33-36-18)17-9-30-19(35-4)10-29-17/h5-10H,11-12H2,1-4H3,(H2,28,32)/t22-,37?/m0/s1. The Labute approximate surface area is 210 Å². The van der Waals surface area contributed by atoms with Gasteiger partial charge in [0.2, 0.25) is 5.88 Å². The van der Waals surface area contributed by atoms with Crippen molar-refractivity contribution in [1.82, 2.24) is 15.1 Å². The molecule has 1 aliphatic heterocycles. The Morgan fingerprint density at radius 1 is 1.16 bits per heavy atom. The fourth-order valence-corrected chi connectivity index (χ4v) is 6.34. The Bertz CT molecular complexity index is 1480. The van der Waals surface area contributed by atoms with Gasteiger partial charge >= 0.3 is 6.18 Å². The molecule has 9 nitrogen and oxygen atoms in total. The number of methoxy groups -OCH3 is 1. The number of nitrogens with two attached hydrogens (primary N) is 1. The highest BCUT2D eigenvalue weighted by atomic mass is 32.2. The average molecular weight is 541 g/mol. The van der Waals surface area contributed by atoms with Crippen LogP contribution in [0.15, 0.2) is 50.5 Å². The zero-order chi connectivity index (χ0) is 27.2. The first-order valence-corrected chi connectivity index (χ1v) is 12.6. The molecule has 3 heterocycles. The molecule has 1 aromatic carbocycles. The maximum Gasteiger partial charge on any atom is 0.408 e. The van der Waals surface area contributed by atoms with Gasteiger partial charge in [0, 0.05) is 17.2 Å². The molecular weight excluding hydrogens is 516 g/mol. The highest BCUT2D eigenvalue weighted by molar-refractivity contribution is 7.95. The minimum Gasteiger partial charge on any atom is -0.480 e. The summed E-state index contributed by atoms with van der Waals surface area (Å²) in [6.07, 6.45) is -1.81. The Balaban J connectivity index is 1.75. The SMILES string of the molecule is COc1cnc(-c2cc(-c3ccc(F)c([C@]4(C)CS(=O)(=NCC(F)(F)F)C(C)(C)C(N)=N4)c3)on2)cn1. The number of rotatable bonds is 5. The van der Waals surface area contributed by atoms with E-state index in [1.165, 1.54) is 52.4 Å². The normalized spacial score (nSPS) is 23.4. The van der Waals surface area contributed by atoms with Gasteiger partial charge in [0.25, 0.3) is 0 Å². The molecule has 2 aromatic heterocycles. The molecule has 0 aliphatic carbocycles. The van der Waals surface area contributed by atoms with Gasteiger partial charge in [0.1, 0.15) is 39.9 Å². The van der Waals surface area contributed by atoms with Gasteiger partial charge < -0.3 is 15.0 Å². The molecule has 3 aromatic rings. The molecule has 0 amide bonds. The number of halogens is 4. The zero-order valence-corrected chi connectivity index (χ0v) is 21.2. The number of nitrogens with zero attached hydrogens (tertiary/aromatic N) is 5. The van der Waals surface area contributed by atoms with Crippen molar-refractivity contribution in [2.24, 2.45) is 15.1 Å². The van der Waals surface area contributed by atoms with Crippen LogP contribution in [0.4, 0.5) is 17.6 Å². The summed E-state index contributed by atoms with van der Waals surface area (Å²) in [4.78, 5) is 12.7. The number of ether oxygens (including phenoxy) is 1. The molecule has 4 rings (SSSR count). The van der Waals surface area contributed by atoms with E-state index in [1.807, 2.05) is 0 Å². The van der Waals surface area contributed by atoms with Gasteiger partial charge in [-0.3, -0.25) is 4.99 Å². The van der Waals surface area contributed by atoms with Crippen molar-refractivity contribution in [2.45, 2.75) is 37.2 Å². The summed E-state index contributed by atoms with van der Waals surface area (Å²) in [5.74, 6) is -0.776. The van der Waals surface area contributed by atoms with Crippen molar-refractivity contribution < 1.29 is 31.0 Å². The highest BCUT2D eigenvalue weighted by Crippen LogP contribution is 2.40. The van der Waals surface area contributed by atoms with Crippen LogP contribution in [-0.4, -0.2) is 55.5 Å². The number of benzene rings is 1. The van der Waals surface area contributed by atoms with E-state index < -0.39 is 44.3 Å². The first-order chi connectivity index (χ1) is 17.2. The largest absolute Gasteiger partial charge is 0.480 e. The summed E-state index contributed by atoms with van der Waals surface area (Å²) in [6, 6.07) is 5.58. The smallest absolute Gasteiger partial charge is 0.408 e. The molecule has 198 valence electrons. The minimum atomic E-state index is -4.66. The van der Waals surface area contributed by atoms with E-state index in [0.29, 0.717) is 22.8 Å². The van der Waals surface area contributed by atoms with Crippen LogP contribution in [0.5, 0.6) is 5.88 Å². The van der Waals surface area contributed by atoms with Crippen LogP contribution in [0.25, 0.3) is 22.7 Å². The van der Waals surface area contributed by atoms with Gasteiger partial charge in [-0.05, 0) is 39.0 Å². The number of amidine groups is 1. The first kappa shape index (κ1) is 26.5. The van der Waals surface area contributed by atoms with Crippen LogP contribution in [0.2, 0.25) is 0 Å². The maximum absolute atomic E-state index is 15.1. The summed E-state index contributed by atoms with van der Waals surface area (Å²) in [5, 5.41) is 3.97. The molecular formula is C23H24F4N6O3S. The molecule has 0 radical (unpaired) electrons. The van der Waals surface area contributed by atoms with Gasteiger partial charge in [0.15, 0.2) is 5.76 Å². The molecule has 1 unspecified atom stereocenters. The predicted molar refractivity (Wildman–Crippen MR) is 129 cm³/mol. The van der Waals surface area contributed by atoms with Crippen LogP contribution < -0.4 is 10.5 Å². The fraction of sp³-hybridized carbons (Fsp3) is 0.391. The van der Waals surface area contributed by atoms with Crippen molar-refractivity contribution in [3.05, 3.63) is 48.0 Å². The molecule has 0 bridgehead atoms. The summed E-state index contributed by atoms with van der Waals surface area (Å²) in [7, 11) is -2.16. The molecule has 0 spiro atoms. The zero-order valence-electron chi connectivity index (χ0n) is 20.3. The van der Waals surface area contributed by atoms with Gasteiger partial charge in [-0.15, -0.1) is 0 Å². The summed E-state index contributed by atoms with van der Waals surface area (Å²) in [6.45, 7) is 2.67. The predicted octanol–water partition coefficient (Wildman–Crippen LogP) is 4.34. The summed E-state index contributed by atoms with van der Waals surface area (Å²) < 4.78 is 80.2.